The molecule has 28 heavy (non-hydrogen) atoms. The molecule has 0 saturated carbocycles. The highest BCUT2D eigenvalue weighted by Gasteiger charge is 2.23. The first kappa shape index (κ1) is 18.5. The van der Waals surface area contributed by atoms with E-state index in [0.29, 0.717) is 0 Å². The smallest absolute Gasteiger partial charge is 0.150 e. The van der Waals surface area contributed by atoms with Crippen LogP contribution in [0.2, 0.25) is 0 Å². The zero-order valence-electron chi connectivity index (χ0n) is 16.8. The largest absolute Gasteiger partial charge is 0.390 e. The Labute approximate surface area is 165 Å². The molecule has 0 fully saturated rings. The second kappa shape index (κ2) is 8.00. The molecule has 0 unspecified atom stereocenters. The molecular formula is C22H27N5O. The minimum absolute atomic E-state index is 0.0835. The average Bonchev–Trinajstić information content (AvgIpc) is 3.40. The lowest BCUT2D eigenvalue weighted by Gasteiger charge is -2.14. The summed E-state index contributed by atoms with van der Waals surface area (Å²) in [4.78, 5) is 10.4. The molecule has 0 N–H and O–H groups in total. The SMILES string of the molecule is CCC1=NO[C@H](Cn2cnc(-c3ccccc3)c2CCn2nc(C)cc2C)C1. The predicted octanol–water partition coefficient (Wildman–Crippen LogP) is 4.16. The van der Waals surface area contributed by atoms with Gasteiger partial charge in [0.25, 0.3) is 0 Å². The summed E-state index contributed by atoms with van der Waals surface area (Å²) in [6.07, 6.45) is 4.72. The van der Waals surface area contributed by atoms with Crippen molar-refractivity contribution in [2.75, 3.05) is 0 Å². The Morgan fingerprint density at radius 1 is 1.18 bits per heavy atom. The van der Waals surface area contributed by atoms with E-state index in [1.807, 2.05) is 19.3 Å². The third kappa shape index (κ3) is 3.86. The fourth-order valence-electron chi connectivity index (χ4n) is 3.79. The van der Waals surface area contributed by atoms with Gasteiger partial charge in [-0.25, -0.2) is 4.98 Å². The lowest BCUT2D eigenvalue weighted by Crippen LogP contribution is -2.18. The van der Waals surface area contributed by atoms with E-state index in [1.54, 1.807) is 0 Å². The monoisotopic (exact) mass is 377 g/mol. The van der Waals surface area contributed by atoms with Crippen LogP contribution in [0.4, 0.5) is 0 Å². The minimum Gasteiger partial charge on any atom is -0.390 e. The van der Waals surface area contributed by atoms with Crippen molar-refractivity contribution in [1.29, 1.82) is 0 Å². The van der Waals surface area contributed by atoms with Gasteiger partial charge in [-0.1, -0.05) is 42.4 Å². The fraction of sp³-hybridized carbons (Fsp3) is 0.409. The van der Waals surface area contributed by atoms with Gasteiger partial charge in [0.1, 0.15) is 0 Å². The molecule has 2 aromatic heterocycles. The number of hydrogen-bond acceptors (Lipinski definition) is 4. The van der Waals surface area contributed by atoms with Gasteiger partial charge in [0.05, 0.1) is 30.0 Å². The number of aryl methyl sites for hydroxylation is 3. The van der Waals surface area contributed by atoms with Crippen LogP contribution in [-0.4, -0.2) is 31.1 Å². The maximum absolute atomic E-state index is 5.64. The molecule has 1 atom stereocenters. The van der Waals surface area contributed by atoms with Gasteiger partial charge >= 0.3 is 0 Å². The van der Waals surface area contributed by atoms with E-state index in [4.69, 9.17) is 9.82 Å². The molecule has 146 valence electrons. The highest BCUT2D eigenvalue weighted by atomic mass is 16.6. The van der Waals surface area contributed by atoms with Crippen LogP contribution in [0.3, 0.4) is 0 Å². The van der Waals surface area contributed by atoms with Gasteiger partial charge in [-0.05, 0) is 26.3 Å². The Hall–Kier alpha value is -2.89. The first-order chi connectivity index (χ1) is 13.6. The molecule has 0 saturated heterocycles. The third-order valence-electron chi connectivity index (χ3n) is 5.26. The molecule has 3 aromatic rings. The highest BCUT2D eigenvalue weighted by molar-refractivity contribution is 5.85. The molecule has 1 aliphatic heterocycles. The second-order valence-electron chi connectivity index (χ2n) is 7.40. The number of rotatable bonds is 7. The zero-order chi connectivity index (χ0) is 19.5. The van der Waals surface area contributed by atoms with Crippen LogP contribution >= 0.6 is 0 Å². The fourth-order valence-corrected chi connectivity index (χ4v) is 3.79. The van der Waals surface area contributed by atoms with Crippen molar-refractivity contribution in [2.24, 2.45) is 5.16 Å². The summed E-state index contributed by atoms with van der Waals surface area (Å²) >= 11 is 0. The van der Waals surface area contributed by atoms with Crippen LogP contribution in [-0.2, 0) is 24.3 Å². The average molecular weight is 377 g/mol. The summed E-state index contributed by atoms with van der Waals surface area (Å²) in [6.45, 7) is 7.85. The van der Waals surface area contributed by atoms with Gasteiger partial charge in [0.2, 0.25) is 0 Å². The first-order valence-electron chi connectivity index (χ1n) is 9.96. The number of nitrogens with zero attached hydrogens (tertiary/aromatic N) is 5. The Balaban J connectivity index is 1.59. The van der Waals surface area contributed by atoms with E-state index in [9.17, 15) is 0 Å². The number of aromatic nitrogens is 4. The maximum atomic E-state index is 5.64. The van der Waals surface area contributed by atoms with Gasteiger partial charge in [-0.3, -0.25) is 4.68 Å². The van der Waals surface area contributed by atoms with Crippen molar-refractivity contribution in [3.8, 4) is 11.3 Å². The topological polar surface area (TPSA) is 57.2 Å². The lowest BCUT2D eigenvalue weighted by molar-refractivity contribution is 0.0718. The van der Waals surface area contributed by atoms with E-state index in [1.165, 1.54) is 11.4 Å². The Bertz CT molecular complexity index is 970. The van der Waals surface area contributed by atoms with Crippen LogP contribution in [0, 0.1) is 13.8 Å². The van der Waals surface area contributed by atoms with Crippen molar-refractivity contribution >= 4 is 5.71 Å². The van der Waals surface area contributed by atoms with Crippen LogP contribution < -0.4 is 0 Å². The molecule has 0 radical (unpaired) electrons. The molecule has 6 nitrogen and oxygen atoms in total. The van der Waals surface area contributed by atoms with Crippen molar-refractivity contribution in [1.82, 2.24) is 19.3 Å². The van der Waals surface area contributed by atoms with Crippen LogP contribution in [0.15, 0.2) is 47.9 Å². The van der Waals surface area contributed by atoms with Crippen LogP contribution in [0.1, 0.15) is 36.8 Å². The number of oxime groups is 1. The highest BCUT2D eigenvalue weighted by Crippen LogP contribution is 2.25. The van der Waals surface area contributed by atoms with Gasteiger partial charge in [-0.2, -0.15) is 5.10 Å². The molecule has 6 heteroatoms. The van der Waals surface area contributed by atoms with Crippen molar-refractivity contribution in [3.05, 3.63) is 59.8 Å². The normalized spacial score (nSPS) is 16.2. The molecule has 0 bridgehead atoms. The molecule has 4 rings (SSSR count). The Morgan fingerprint density at radius 2 is 2.00 bits per heavy atom. The summed E-state index contributed by atoms with van der Waals surface area (Å²) in [5.41, 5.74) is 6.77. The molecule has 3 heterocycles. The summed E-state index contributed by atoms with van der Waals surface area (Å²) in [7, 11) is 0. The number of hydrogen-bond donors (Lipinski definition) is 0. The summed E-state index contributed by atoms with van der Waals surface area (Å²) in [5.74, 6) is 0. The van der Waals surface area contributed by atoms with E-state index in [-0.39, 0.29) is 6.10 Å². The van der Waals surface area contributed by atoms with Crippen molar-refractivity contribution in [3.63, 3.8) is 0 Å². The third-order valence-corrected chi connectivity index (χ3v) is 5.26. The predicted molar refractivity (Wildman–Crippen MR) is 110 cm³/mol. The van der Waals surface area contributed by atoms with Crippen molar-refractivity contribution in [2.45, 2.75) is 59.2 Å². The Morgan fingerprint density at radius 3 is 2.68 bits per heavy atom. The van der Waals surface area contributed by atoms with E-state index in [2.05, 4.69) is 63.7 Å². The van der Waals surface area contributed by atoms with Crippen molar-refractivity contribution < 1.29 is 4.84 Å². The van der Waals surface area contributed by atoms with Crippen LogP contribution in [0.5, 0.6) is 0 Å². The molecule has 0 amide bonds. The Kier molecular flexibility index (Phi) is 5.28. The van der Waals surface area contributed by atoms with Gasteiger partial charge in [0, 0.05) is 36.3 Å². The zero-order valence-corrected chi connectivity index (χ0v) is 16.8. The van der Waals surface area contributed by atoms with Gasteiger partial charge < -0.3 is 9.40 Å². The quantitative estimate of drug-likeness (QED) is 0.621. The lowest BCUT2D eigenvalue weighted by atomic mass is 10.1. The molecule has 0 spiro atoms. The van der Waals surface area contributed by atoms with E-state index in [0.717, 1.165) is 55.0 Å². The molecule has 1 aromatic carbocycles. The molecular weight excluding hydrogens is 350 g/mol. The van der Waals surface area contributed by atoms with E-state index < -0.39 is 0 Å². The second-order valence-corrected chi connectivity index (χ2v) is 7.40. The van der Waals surface area contributed by atoms with E-state index >= 15 is 0 Å². The first-order valence-corrected chi connectivity index (χ1v) is 9.96. The minimum atomic E-state index is 0.0835. The summed E-state index contributed by atoms with van der Waals surface area (Å²) < 4.78 is 4.30. The van der Waals surface area contributed by atoms with Gasteiger partial charge in [-0.15, -0.1) is 0 Å². The van der Waals surface area contributed by atoms with Crippen LogP contribution in [0.25, 0.3) is 11.3 Å². The molecule has 0 aliphatic carbocycles. The number of benzene rings is 1. The summed E-state index contributed by atoms with van der Waals surface area (Å²) in [5, 5.41) is 8.81. The maximum Gasteiger partial charge on any atom is 0.150 e. The van der Waals surface area contributed by atoms with Gasteiger partial charge in [0.15, 0.2) is 6.10 Å². The molecule has 1 aliphatic rings. The standard InChI is InChI=1S/C22H27N5O/c1-4-19-13-20(28-25-19)14-26-15-23-22(18-8-6-5-7-9-18)21(26)10-11-27-17(3)12-16(2)24-27/h5-9,12,15,20H,4,10-11,13-14H2,1-3H3/t20-/m0/s1. The summed E-state index contributed by atoms with van der Waals surface area (Å²) in [6, 6.07) is 12.5. The number of imidazole rings is 1.